The molecule has 9 nitrogen and oxygen atoms in total. The minimum atomic E-state index is -0.916. The Morgan fingerprint density at radius 2 is 1.67 bits per heavy atom. The van der Waals surface area contributed by atoms with Gasteiger partial charge in [0.1, 0.15) is 12.1 Å². The molecular weight excluding hydrogens is 424 g/mol. The molecule has 2 fully saturated rings. The third kappa shape index (κ3) is 6.63. The highest BCUT2D eigenvalue weighted by molar-refractivity contribution is 6.37. The average Bonchev–Trinajstić information content (AvgIpc) is 3.33. The number of carbonyl (C=O) groups is 5. The number of carbonyl (C=O) groups excluding carboxylic acids is 5. The maximum atomic E-state index is 12.8. The second-order valence-electron chi connectivity index (χ2n) is 8.70. The summed E-state index contributed by atoms with van der Waals surface area (Å²) in [5, 5.41) is 7.75. The molecule has 1 aromatic rings. The number of rotatable bonds is 8. The average molecular weight is 457 g/mol. The predicted octanol–water partition coefficient (Wildman–Crippen LogP) is 0.930. The Bertz CT molecular complexity index is 882. The Hall–Kier alpha value is -3.23. The van der Waals surface area contributed by atoms with Gasteiger partial charge in [0.2, 0.25) is 17.6 Å². The number of hydrogen-bond acceptors (Lipinski definition) is 5. The molecule has 1 aromatic carbocycles. The summed E-state index contributed by atoms with van der Waals surface area (Å²) in [6, 6.07) is 7.19. The van der Waals surface area contributed by atoms with Crippen LogP contribution in [-0.2, 0) is 19.2 Å². The Morgan fingerprint density at radius 3 is 2.36 bits per heavy atom. The van der Waals surface area contributed by atoms with Crippen LogP contribution < -0.4 is 16.0 Å². The zero-order valence-electron chi connectivity index (χ0n) is 19.0. The minimum absolute atomic E-state index is 0.0112. The van der Waals surface area contributed by atoms with Crippen LogP contribution in [-0.4, -0.2) is 65.5 Å². The van der Waals surface area contributed by atoms with Crippen LogP contribution in [0.3, 0.4) is 0 Å². The number of Topliss-reactive ketones (excluding diaryl/α,β-unsaturated/α-hetero) is 1. The largest absolute Gasteiger partial charge is 0.347 e. The summed E-state index contributed by atoms with van der Waals surface area (Å²) >= 11 is 0. The van der Waals surface area contributed by atoms with E-state index in [9.17, 15) is 24.0 Å². The normalized spacial score (nSPS) is 19.4. The summed E-state index contributed by atoms with van der Waals surface area (Å²) < 4.78 is 0. The van der Waals surface area contributed by atoms with Crippen molar-refractivity contribution in [3.05, 3.63) is 35.9 Å². The van der Waals surface area contributed by atoms with Crippen LogP contribution in [0.5, 0.6) is 0 Å². The van der Waals surface area contributed by atoms with Crippen LogP contribution in [0.15, 0.2) is 30.3 Å². The number of nitrogens with one attached hydrogen (secondary N) is 3. The molecule has 2 atom stereocenters. The molecule has 1 unspecified atom stereocenters. The van der Waals surface area contributed by atoms with E-state index in [-0.39, 0.29) is 11.9 Å². The van der Waals surface area contributed by atoms with Crippen molar-refractivity contribution in [3.8, 4) is 0 Å². The second kappa shape index (κ2) is 11.6. The molecule has 178 valence electrons. The van der Waals surface area contributed by atoms with Crippen molar-refractivity contribution >= 4 is 29.4 Å². The van der Waals surface area contributed by atoms with E-state index >= 15 is 0 Å². The van der Waals surface area contributed by atoms with Crippen molar-refractivity contribution < 1.29 is 24.0 Å². The maximum absolute atomic E-state index is 12.8. The lowest BCUT2D eigenvalue weighted by molar-refractivity contribution is -0.138. The number of likely N-dealkylation sites (tertiary alicyclic amines) is 1. The van der Waals surface area contributed by atoms with Crippen molar-refractivity contribution in [2.45, 2.75) is 70.0 Å². The molecule has 1 saturated carbocycles. The quantitative estimate of drug-likeness (QED) is 0.502. The first-order valence-corrected chi connectivity index (χ1v) is 11.6. The standard InChI is InChI=1S/C24H32N4O5/c1-16(21(30)25-15-20(29)23(32)27-18-11-6-3-7-12-18)26-22(31)19-13-8-14-28(19)24(33)17-9-4-2-5-10-17/h2,4-5,9-10,16,18-19H,3,6-8,11-15H2,1H3,(H,25,30)(H,26,31)(H,27,32)/t16-,19?/m0/s1. The van der Waals surface area contributed by atoms with Gasteiger partial charge in [-0.3, -0.25) is 24.0 Å². The van der Waals surface area contributed by atoms with E-state index in [1.54, 1.807) is 24.3 Å². The van der Waals surface area contributed by atoms with Crippen molar-refractivity contribution in [3.63, 3.8) is 0 Å². The Labute approximate surface area is 193 Å². The minimum Gasteiger partial charge on any atom is -0.347 e. The molecule has 3 N–H and O–H groups in total. The molecular formula is C24H32N4O5. The van der Waals surface area contributed by atoms with E-state index in [0.29, 0.717) is 24.9 Å². The zero-order chi connectivity index (χ0) is 23.8. The lowest BCUT2D eigenvalue weighted by Gasteiger charge is -2.25. The highest BCUT2D eigenvalue weighted by atomic mass is 16.2. The van der Waals surface area contributed by atoms with Crippen LogP contribution in [0, 0.1) is 0 Å². The molecule has 0 aromatic heterocycles. The Kier molecular flexibility index (Phi) is 8.57. The molecule has 1 saturated heterocycles. The van der Waals surface area contributed by atoms with Gasteiger partial charge in [0.25, 0.3) is 11.8 Å². The van der Waals surface area contributed by atoms with Gasteiger partial charge in [-0.25, -0.2) is 0 Å². The second-order valence-corrected chi connectivity index (χ2v) is 8.70. The van der Waals surface area contributed by atoms with Crippen molar-refractivity contribution in [1.29, 1.82) is 0 Å². The van der Waals surface area contributed by atoms with Crippen molar-refractivity contribution in [2.24, 2.45) is 0 Å². The molecule has 9 heteroatoms. The fraction of sp³-hybridized carbons (Fsp3) is 0.542. The van der Waals surface area contributed by atoms with Gasteiger partial charge >= 0.3 is 0 Å². The molecule has 4 amide bonds. The van der Waals surface area contributed by atoms with Crippen LogP contribution in [0.4, 0.5) is 0 Å². The molecule has 33 heavy (non-hydrogen) atoms. The van der Waals surface area contributed by atoms with Crippen molar-refractivity contribution in [1.82, 2.24) is 20.9 Å². The van der Waals surface area contributed by atoms with Gasteiger partial charge in [-0.15, -0.1) is 0 Å². The zero-order valence-corrected chi connectivity index (χ0v) is 19.0. The Morgan fingerprint density at radius 1 is 0.970 bits per heavy atom. The molecule has 1 aliphatic carbocycles. The van der Waals surface area contributed by atoms with E-state index in [1.165, 1.54) is 11.8 Å². The molecule has 1 heterocycles. The number of amides is 4. The summed E-state index contributed by atoms with van der Waals surface area (Å²) in [6.45, 7) is 1.54. The topological polar surface area (TPSA) is 125 Å². The number of nitrogens with zero attached hydrogens (tertiary/aromatic N) is 1. The van der Waals surface area contributed by atoms with Gasteiger partial charge in [0, 0.05) is 18.2 Å². The van der Waals surface area contributed by atoms with Gasteiger partial charge in [-0.2, -0.15) is 0 Å². The fourth-order valence-electron chi connectivity index (χ4n) is 4.32. The summed E-state index contributed by atoms with van der Waals surface area (Å²) in [5.41, 5.74) is 0.507. The monoisotopic (exact) mass is 456 g/mol. The third-order valence-corrected chi connectivity index (χ3v) is 6.21. The third-order valence-electron chi connectivity index (χ3n) is 6.21. The molecule has 0 radical (unpaired) electrons. The van der Waals surface area contributed by atoms with Crippen LogP contribution in [0.25, 0.3) is 0 Å². The van der Waals surface area contributed by atoms with E-state index in [2.05, 4.69) is 16.0 Å². The number of benzene rings is 1. The van der Waals surface area contributed by atoms with E-state index in [1.807, 2.05) is 6.07 Å². The summed E-state index contributed by atoms with van der Waals surface area (Å²) in [5.74, 6) is -2.62. The van der Waals surface area contributed by atoms with Gasteiger partial charge in [0.15, 0.2) is 0 Å². The first-order chi connectivity index (χ1) is 15.9. The van der Waals surface area contributed by atoms with Gasteiger partial charge in [0.05, 0.1) is 6.54 Å². The predicted molar refractivity (Wildman–Crippen MR) is 121 cm³/mol. The summed E-state index contributed by atoms with van der Waals surface area (Å²) in [6.07, 6.45) is 6.13. The SMILES string of the molecule is C[C@H](NC(=O)C1CCCN1C(=O)c1ccccc1)C(=O)NCC(=O)C(=O)NC1CCCCC1. The molecule has 0 bridgehead atoms. The molecule has 1 aliphatic heterocycles. The molecule has 3 rings (SSSR count). The highest BCUT2D eigenvalue weighted by Crippen LogP contribution is 2.20. The number of hydrogen-bond donors (Lipinski definition) is 3. The van der Waals surface area contributed by atoms with Crippen molar-refractivity contribution in [2.75, 3.05) is 13.1 Å². The molecule has 0 spiro atoms. The number of ketones is 1. The van der Waals surface area contributed by atoms with E-state index < -0.39 is 42.1 Å². The van der Waals surface area contributed by atoms with Gasteiger partial charge in [-0.1, -0.05) is 37.5 Å². The van der Waals surface area contributed by atoms with Crippen LogP contribution in [0.2, 0.25) is 0 Å². The van der Waals surface area contributed by atoms with Gasteiger partial charge < -0.3 is 20.9 Å². The van der Waals surface area contributed by atoms with Crippen LogP contribution >= 0.6 is 0 Å². The highest BCUT2D eigenvalue weighted by Gasteiger charge is 2.35. The fourth-order valence-corrected chi connectivity index (χ4v) is 4.32. The van der Waals surface area contributed by atoms with Crippen LogP contribution in [0.1, 0.15) is 62.2 Å². The maximum Gasteiger partial charge on any atom is 0.289 e. The lowest BCUT2D eigenvalue weighted by Crippen LogP contribution is -2.53. The van der Waals surface area contributed by atoms with E-state index in [0.717, 1.165) is 32.1 Å². The summed E-state index contributed by atoms with van der Waals surface area (Å²) in [7, 11) is 0. The molecule has 2 aliphatic rings. The van der Waals surface area contributed by atoms with Gasteiger partial charge in [-0.05, 0) is 44.7 Å². The summed E-state index contributed by atoms with van der Waals surface area (Å²) in [4.78, 5) is 63.5. The lowest BCUT2D eigenvalue weighted by atomic mass is 9.95. The Balaban J connectivity index is 1.45. The first-order valence-electron chi connectivity index (χ1n) is 11.6. The smallest absolute Gasteiger partial charge is 0.289 e. The van der Waals surface area contributed by atoms with E-state index in [4.69, 9.17) is 0 Å². The first kappa shape index (κ1) is 24.4.